The highest BCUT2D eigenvalue weighted by Gasteiger charge is 2.25. The summed E-state index contributed by atoms with van der Waals surface area (Å²) in [5.41, 5.74) is 0.503. The molecule has 136 valence electrons. The van der Waals surface area contributed by atoms with Gasteiger partial charge in [-0.1, -0.05) is 10.3 Å². The van der Waals surface area contributed by atoms with Gasteiger partial charge in [0.1, 0.15) is 0 Å². The molecule has 0 bridgehead atoms. The maximum absolute atomic E-state index is 9.32. The average molecular weight is 338 g/mol. The zero-order valence-electron chi connectivity index (χ0n) is 15.2. The van der Waals surface area contributed by atoms with Gasteiger partial charge in [-0.15, -0.1) is 0 Å². The maximum Gasteiger partial charge on any atom is 0.0962 e. The molecule has 0 unspecified atom stereocenters. The lowest BCUT2D eigenvalue weighted by molar-refractivity contribution is 0.307. The van der Waals surface area contributed by atoms with Crippen molar-refractivity contribution in [1.29, 1.82) is 0 Å². The Labute approximate surface area is 143 Å². The van der Waals surface area contributed by atoms with Crippen molar-refractivity contribution < 1.29 is 10.4 Å². The number of aromatic nitrogens is 2. The summed E-state index contributed by atoms with van der Waals surface area (Å²) in [6.07, 6.45) is 6.10. The van der Waals surface area contributed by atoms with Crippen molar-refractivity contribution in [3.05, 3.63) is 18.7 Å². The highest BCUT2D eigenvalue weighted by Crippen LogP contribution is 2.09. The van der Waals surface area contributed by atoms with Gasteiger partial charge in [-0.3, -0.25) is 0 Å². The smallest absolute Gasteiger partial charge is 0.0962 e. The van der Waals surface area contributed by atoms with E-state index in [1.807, 2.05) is 38.5 Å². The van der Waals surface area contributed by atoms with Crippen molar-refractivity contribution in [1.82, 2.24) is 20.2 Å². The molecule has 4 N–H and O–H groups in total. The quantitative estimate of drug-likeness (QED) is 0.225. The third-order valence-electron chi connectivity index (χ3n) is 4.28. The summed E-state index contributed by atoms with van der Waals surface area (Å²) in [7, 11) is 0. The van der Waals surface area contributed by atoms with E-state index < -0.39 is 5.54 Å². The van der Waals surface area contributed by atoms with Crippen LogP contribution in [0.1, 0.15) is 41.0 Å². The van der Waals surface area contributed by atoms with E-state index >= 15 is 0 Å². The fourth-order valence-electron chi connectivity index (χ4n) is 2.15. The lowest BCUT2D eigenvalue weighted by Gasteiger charge is -2.28. The van der Waals surface area contributed by atoms with E-state index in [1.54, 1.807) is 19.4 Å². The Hall–Kier alpha value is -1.93. The molecular weight excluding hydrogens is 308 g/mol. The lowest BCUT2D eigenvalue weighted by Crippen LogP contribution is -2.50. The average Bonchev–Trinajstić information content (AvgIpc) is 3.04. The molecule has 0 radical (unpaired) electrons. The maximum atomic E-state index is 9.32. The minimum Gasteiger partial charge on any atom is -0.411 e. The molecule has 0 aliphatic carbocycles. The number of oxime groups is 2. The van der Waals surface area contributed by atoms with Crippen LogP contribution in [0.25, 0.3) is 0 Å². The Morgan fingerprint density at radius 2 is 1.71 bits per heavy atom. The van der Waals surface area contributed by atoms with E-state index in [2.05, 4.69) is 25.9 Å². The Balaban J connectivity index is 2.42. The molecule has 8 heteroatoms. The second-order valence-electron chi connectivity index (χ2n) is 6.92. The van der Waals surface area contributed by atoms with Crippen LogP contribution in [0.5, 0.6) is 0 Å². The Morgan fingerprint density at radius 1 is 1.08 bits per heavy atom. The Kier molecular flexibility index (Phi) is 7.37. The number of imidazole rings is 1. The summed E-state index contributed by atoms with van der Waals surface area (Å²) in [6, 6.07) is 0. The molecule has 0 saturated carbocycles. The highest BCUT2D eigenvalue weighted by atomic mass is 16.4. The Bertz CT molecular complexity index is 549. The summed E-state index contributed by atoms with van der Waals surface area (Å²) in [4.78, 5) is 3.99. The predicted molar refractivity (Wildman–Crippen MR) is 95.1 cm³/mol. The third-order valence-corrected chi connectivity index (χ3v) is 4.28. The largest absolute Gasteiger partial charge is 0.411 e. The molecule has 24 heavy (non-hydrogen) atoms. The zero-order chi connectivity index (χ0) is 18.2. The number of hydrogen-bond donors (Lipinski definition) is 4. The van der Waals surface area contributed by atoms with E-state index in [0.717, 1.165) is 19.5 Å². The molecule has 1 rings (SSSR count). The van der Waals surface area contributed by atoms with Gasteiger partial charge in [0.05, 0.1) is 35.4 Å². The van der Waals surface area contributed by atoms with Crippen molar-refractivity contribution in [2.75, 3.05) is 13.1 Å². The van der Waals surface area contributed by atoms with E-state index in [-0.39, 0.29) is 5.54 Å². The van der Waals surface area contributed by atoms with Crippen LogP contribution >= 0.6 is 0 Å². The first kappa shape index (κ1) is 20.1. The normalized spacial score (nSPS) is 14.2. The molecule has 0 aliphatic rings. The fourth-order valence-corrected chi connectivity index (χ4v) is 2.15. The summed E-state index contributed by atoms with van der Waals surface area (Å²) in [5, 5.41) is 31.7. The molecule has 0 aromatic carbocycles. The highest BCUT2D eigenvalue weighted by molar-refractivity contribution is 5.92. The molecule has 0 atom stereocenters. The van der Waals surface area contributed by atoms with Gasteiger partial charge in [0.2, 0.25) is 0 Å². The molecule has 0 fully saturated rings. The van der Waals surface area contributed by atoms with Crippen LogP contribution < -0.4 is 10.6 Å². The lowest BCUT2D eigenvalue weighted by atomic mass is 9.97. The van der Waals surface area contributed by atoms with Crippen molar-refractivity contribution >= 4 is 11.4 Å². The Morgan fingerprint density at radius 3 is 2.21 bits per heavy atom. The second-order valence-corrected chi connectivity index (χ2v) is 6.92. The van der Waals surface area contributed by atoms with Gasteiger partial charge in [0.15, 0.2) is 0 Å². The summed E-state index contributed by atoms with van der Waals surface area (Å²) in [6.45, 7) is 11.7. The third kappa shape index (κ3) is 5.93. The molecule has 0 amide bonds. The van der Waals surface area contributed by atoms with E-state index in [9.17, 15) is 5.21 Å². The first-order valence-corrected chi connectivity index (χ1v) is 8.09. The van der Waals surface area contributed by atoms with Crippen LogP contribution in [-0.4, -0.2) is 55.6 Å². The summed E-state index contributed by atoms with van der Waals surface area (Å²) < 4.78 is 1.86. The molecule has 1 heterocycles. The van der Waals surface area contributed by atoms with Crippen molar-refractivity contribution in [2.24, 2.45) is 10.3 Å². The molecule has 8 nitrogen and oxygen atoms in total. The molecule has 0 saturated heterocycles. The van der Waals surface area contributed by atoms with Gasteiger partial charge in [-0.05, 0) is 54.1 Å². The van der Waals surface area contributed by atoms with Crippen LogP contribution in [0.2, 0.25) is 0 Å². The van der Waals surface area contributed by atoms with Crippen molar-refractivity contribution in [3.63, 3.8) is 0 Å². The van der Waals surface area contributed by atoms with Gasteiger partial charge >= 0.3 is 0 Å². The SMILES string of the molecule is C/C(=N\O)C(C)(C)NCCCNC(C)(C)/C(Cn1ccnc1)=N\O. The van der Waals surface area contributed by atoms with Gasteiger partial charge in [-0.25, -0.2) is 4.98 Å². The number of hydrogen-bond acceptors (Lipinski definition) is 7. The molecule has 1 aromatic heterocycles. The van der Waals surface area contributed by atoms with Crippen molar-refractivity contribution in [3.8, 4) is 0 Å². The van der Waals surface area contributed by atoms with Gasteiger partial charge in [0, 0.05) is 12.4 Å². The second kappa shape index (κ2) is 8.79. The molecule has 0 spiro atoms. The fraction of sp³-hybridized carbons (Fsp3) is 0.688. The molecule has 0 aliphatic heterocycles. The number of rotatable bonds is 10. The predicted octanol–water partition coefficient (Wildman–Crippen LogP) is 1.69. The molecule has 1 aromatic rings. The minimum atomic E-state index is -0.434. The standard InChI is InChI=1S/C16H30N6O2/c1-13(20-23)15(2,3)18-7-6-8-19-16(4,5)14(21-24)11-22-10-9-17-12-22/h9-10,12,18-19,23-24H,6-8,11H2,1-5H3/b20-13+,21-14-. The van der Waals surface area contributed by atoms with E-state index in [4.69, 9.17) is 5.21 Å². The topological polar surface area (TPSA) is 107 Å². The van der Waals surface area contributed by atoms with Crippen LogP contribution in [0.4, 0.5) is 0 Å². The summed E-state index contributed by atoms with van der Waals surface area (Å²) in [5.74, 6) is 0. The van der Waals surface area contributed by atoms with Crippen molar-refractivity contribution in [2.45, 2.75) is 58.7 Å². The monoisotopic (exact) mass is 338 g/mol. The van der Waals surface area contributed by atoms with Crippen LogP contribution in [-0.2, 0) is 6.54 Å². The number of nitrogens with one attached hydrogen (secondary N) is 2. The first-order chi connectivity index (χ1) is 11.2. The summed E-state index contributed by atoms with van der Waals surface area (Å²) >= 11 is 0. The zero-order valence-corrected chi connectivity index (χ0v) is 15.2. The first-order valence-electron chi connectivity index (χ1n) is 8.09. The van der Waals surface area contributed by atoms with Gasteiger partial charge in [0.25, 0.3) is 0 Å². The minimum absolute atomic E-state index is 0.344. The van der Waals surface area contributed by atoms with Crippen LogP contribution in [0.15, 0.2) is 29.0 Å². The molecular formula is C16H30N6O2. The van der Waals surface area contributed by atoms with Crippen LogP contribution in [0, 0.1) is 0 Å². The van der Waals surface area contributed by atoms with E-state index in [0.29, 0.717) is 18.0 Å². The van der Waals surface area contributed by atoms with Gasteiger partial charge < -0.3 is 25.6 Å². The van der Waals surface area contributed by atoms with Crippen LogP contribution in [0.3, 0.4) is 0 Å². The van der Waals surface area contributed by atoms with E-state index in [1.165, 1.54) is 0 Å². The van der Waals surface area contributed by atoms with Gasteiger partial charge in [-0.2, -0.15) is 0 Å². The number of nitrogens with zero attached hydrogens (tertiary/aromatic N) is 4.